The van der Waals surface area contributed by atoms with E-state index in [2.05, 4.69) is 27.5 Å². The number of nitrogens with one attached hydrogen (secondary N) is 4. The predicted octanol–water partition coefficient (Wildman–Crippen LogP) is 3.33. The van der Waals surface area contributed by atoms with Gasteiger partial charge in [-0.1, -0.05) is 19.6 Å². The lowest BCUT2D eigenvalue weighted by molar-refractivity contribution is -0.138. The first-order chi connectivity index (χ1) is 20.9. The Kier molecular flexibility index (Phi) is 9.98. The molecule has 11 nitrogen and oxygen atoms in total. The van der Waals surface area contributed by atoms with Crippen LogP contribution in [0, 0.1) is 18.8 Å². The third-order valence-corrected chi connectivity index (χ3v) is 9.17. The van der Waals surface area contributed by atoms with E-state index < -0.39 is 11.9 Å². The molecule has 0 radical (unpaired) electrons. The number of carboxylic acids is 2. The van der Waals surface area contributed by atoms with Crippen LogP contribution in [0.5, 0.6) is 0 Å². The van der Waals surface area contributed by atoms with Gasteiger partial charge in [0.05, 0.1) is 6.04 Å². The highest BCUT2D eigenvalue weighted by Crippen LogP contribution is 2.36. The number of H-pyrrole nitrogens is 1. The van der Waals surface area contributed by atoms with Gasteiger partial charge in [-0.05, 0) is 86.5 Å². The molecule has 2 amide bonds. The van der Waals surface area contributed by atoms with Crippen molar-refractivity contribution < 1.29 is 34.5 Å². The molecule has 236 valence electrons. The Labute approximate surface area is 256 Å². The maximum atomic E-state index is 12.4. The van der Waals surface area contributed by atoms with Crippen molar-refractivity contribution in [3.63, 3.8) is 0 Å². The highest BCUT2D eigenvalue weighted by Gasteiger charge is 2.36. The number of carbonyl (C=O) groups is 4. The van der Waals surface area contributed by atoms with Crippen molar-refractivity contribution in [2.24, 2.45) is 11.8 Å². The molecule has 1 unspecified atom stereocenters. The third-order valence-electron chi connectivity index (χ3n) is 9.17. The Bertz CT molecular complexity index is 1510. The van der Waals surface area contributed by atoms with E-state index in [-0.39, 0.29) is 61.6 Å². The standard InChI is InChI=1S/C33H42N4O7/c1-6-20-16(2)26(36-33(20)44)13-24-17(3)21(7-9-30(39)40)27(34-24)15-28-22(8-10-31(41)42)18(4)25(35-28)14-29-23(11-12-38)19(5)32(43)37-29/h6,14-15,19,23-24,26,34-35,38H,1,7-13H2,2-5H3,(H,36,44)(H,37,43)(H,39,40)(H,41,42)/b27-15+,29-14-/t19-,23-,24?,26-/m1/s1. The Morgan fingerprint density at radius 1 is 0.932 bits per heavy atom. The molecule has 1 saturated heterocycles. The topological polar surface area (TPSA) is 181 Å². The van der Waals surface area contributed by atoms with Gasteiger partial charge in [-0.2, -0.15) is 0 Å². The zero-order chi connectivity index (χ0) is 32.3. The second-order valence-electron chi connectivity index (χ2n) is 11.8. The van der Waals surface area contributed by atoms with Crippen LogP contribution in [0.3, 0.4) is 0 Å². The summed E-state index contributed by atoms with van der Waals surface area (Å²) in [5.41, 5.74) is 7.82. The summed E-state index contributed by atoms with van der Waals surface area (Å²) in [5.74, 6) is -2.57. The van der Waals surface area contributed by atoms with Crippen molar-refractivity contribution in [1.29, 1.82) is 0 Å². The predicted molar refractivity (Wildman–Crippen MR) is 166 cm³/mol. The van der Waals surface area contributed by atoms with Gasteiger partial charge in [0.15, 0.2) is 0 Å². The van der Waals surface area contributed by atoms with Gasteiger partial charge >= 0.3 is 11.9 Å². The summed E-state index contributed by atoms with van der Waals surface area (Å²) in [6.07, 6.45) is 6.73. The van der Waals surface area contributed by atoms with Crippen LogP contribution in [0.4, 0.5) is 0 Å². The first kappa shape index (κ1) is 32.5. The zero-order valence-electron chi connectivity index (χ0n) is 25.7. The number of aliphatic hydroxyl groups excluding tert-OH is 1. The number of allylic oxidation sites excluding steroid dienone is 2. The SMILES string of the molecule is C=CC1=C(C)[C@@H](CC2N/C(=C/c3[nH]c(/C=C4\NC(=O)[C@H](C)[C@H]4CCO)c(C)c3CCC(=O)O)C(CCC(=O)O)=C2C)NC1=O. The van der Waals surface area contributed by atoms with Crippen LogP contribution in [0.2, 0.25) is 0 Å². The Morgan fingerprint density at radius 2 is 1.59 bits per heavy atom. The van der Waals surface area contributed by atoms with Gasteiger partial charge in [0, 0.05) is 65.7 Å². The summed E-state index contributed by atoms with van der Waals surface area (Å²) in [4.78, 5) is 51.3. The maximum Gasteiger partial charge on any atom is 0.303 e. The van der Waals surface area contributed by atoms with Crippen LogP contribution >= 0.6 is 0 Å². The fraction of sp³-hybridized carbons (Fsp3) is 0.455. The molecule has 4 heterocycles. The number of hydrogen-bond donors (Lipinski definition) is 7. The van der Waals surface area contributed by atoms with E-state index in [1.165, 1.54) is 0 Å². The molecule has 0 aromatic carbocycles. The van der Waals surface area contributed by atoms with Crippen molar-refractivity contribution >= 4 is 35.9 Å². The summed E-state index contributed by atoms with van der Waals surface area (Å²) in [5, 5.41) is 38.0. The number of aromatic amines is 1. The number of aliphatic carboxylic acids is 2. The summed E-state index contributed by atoms with van der Waals surface area (Å²) >= 11 is 0. The van der Waals surface area contributed by atoms with Crippen molar-refractivity contribution in [1.82, 2.24) is 20.9 Å². The van der Waals surface area contributed by atoms with Crippen LogP contribution in [0.25, 0.3) is 12.2 Å². The molecule has 4 rings (SSSR count). The van der Waals surface area contributed by atoms with Gasteiger partial charge in [-0.3, -0.25) is 19.2 Å². The average Bonchev–Trinajstić information content (AvgIpc) is 3.60. The second-order valence-corrected chi connectivity index (χ2v) is 11.8. The molecule has 1 aromatic heterocycles. The fourth-order valence-electron chi connectivity index (χ4n) is 6.46. The smallest absolute Gasteiger partial charge is 0.303 e. The Morgan fingerprint density at radius 3 is 2.20 bits per heavy atom. The second kappa shape index (κ2) is 13.5. The van der Waals surface area contributed by atoms with Crippen LogP contribution in [-0.2, 0) is 25.6 Å². The fourth-order valence-corrected chi connectivity index (χ4v) is 6.46. The highest BCUT2D eigenvalue weighted by molar-refractivity contribution is 6.00. The van der Waals surface area contributed by atoms with Gasteiger partial charge in [0.25, 0.3) is 5.91 Å². The number of carbonyl (C=O) groups excluding carboxylic acids is 2. The lowest BCUT2D eigenvalue weighted by Crippen LogP contribution is -2.36. The van der Waals surface area contributed by atoms with E-state index in [0.717, 1.165) is 39.2 Å². The maximum absolute atomic E-state index is 12.4. The number of carboxylic acid groups (broad SMARTS) is 2. The Hall–Kier alpha value is -4.38. The van der Waals surface area contributed by atoms with Crippen LogP contribution < -0.4 is 16.0 Å². The van der Waals surface area contributed by atoms with E-state index in [9.17, 15) is 34.5 Å². The molecular weight excluding hydrogens is 564 g/mol. The summed E-state index contributed by atoms with van der Waals surface area (Å²) in [6, 6.07) is -0.361. The summed E-state index contributed by atoms with van der Waals surface area (Å²) < 4.78 is 0. The van der Waals surface area contributed by atoms with Crippen LogP contribution in [0.1, 0.15) is 75.4 Å². The molecule has 44 heavy (non-hydrogen) atoms. The van der Waals surface area contributed by atoms with Crippen LogP contribution in [-0.4, -0.2) is 62.7 Å². The minimum atomic E-state index is -0.929. The number of amides is 2. The van der Waals surface area contributed by atoms with Gasteiger partial charge in [0.2, 0.25) is 5.91 Å². The lowest BCUT2D eigenvalue weighted by atomic mass is 9.91. The van der Waals surface area contributed by atoms with Gasteiger partial charge < -0.3 is 36.3 Å². The first-order valence-corrected chi connectivity index (χ1v) is 15.0. The number of hydrogen-bond acceptors (Lipinski definition) is 6. The minimum absolute atomic E-state index is 0.0569. The molecule has 0 bridgehead atoms. The van der Waals surface area contributed by atoms with Gasteiger partial charge in [0.1, 0.15) is 0 Å². The molecule has 0 aliphatic carbocycles. The molecule has 0 spiro atoms. The molecule has 1 fully saturated rings. The van der Waals surface area contributed by atoms with Crippen molar-refractivity contribution in [2.45, 2.75) is 78.3 Å². The number of aliphatic hydroxyl groups is 1. The van der Waals surface area contributed by atoms with Gasteiger partial charge in [-0.15, -0.1) is 0 Å². The minimum Gasteiger partial charge on any atom is -0.481 e. The molecule has 11 heteroatoms. The largest absolute Gasteiger partial charge is 0.481 e. The van der Waals surface area contributed by atoms with Crippen molar-refractivity contribution in [3.05, 3.63) is 68.9 Å². The van der Waals surface area contributed by atoms with Gasteiger partial charge in [-0.25, -0.2) is 0 Å². The Balaban J connectivity index is 1.74. The molecule has 3 aliphatic rings. The molecule has 3 aliphatic heterocycles. The normalized spacial score (nSPS) is 25.2. The lowest BCUT2D eigenvalue weighted by Gasteiger charge is -2.20. The van der Waals surface area contributed by atoms with Crippen molar-refractivity contribution in [3.8, 4) is 0 Å². The molecule has 1 aromatic rings. The molecule has 0 saturated carbocycles. The van der Waals surface area contributed by atoms with E-state index in [4.69, 9.17) is 0 Å². The quantitative estimate of drug-likeness (QED) is 0.179. The van der Waals surface area contributed by atoms with E-state index in [0.29, 0.717) is 36.2 Å². The highest BCUT2D eigenvalue weighted by atomic mass is 16.4. The number of rotatable bonds is 13. The third kappa shape index (κ3) is 6.72. The van der Waals surface area contributed by atoms with Crippen LogP contribution in [0.15, 0.2) is 46.3 Å². The average molecular weight is 607 g/mol. The zero-order valence-corrected chi connectivity index (χ0v) is 25.7. The molecule has 4 atom stereocenters. The van der Waals surface area contributed by atoms with E-state index in [1.54, 1.807) is 6.08 Å². The molecular formula is C33H42N4O7. The van der Waals surface area contributed by atoms with E-state index >= 15 is 0 Å². The monoisotopic (exact) mass is 606 g/mol. The van der Waals surface area contributed by atoms with Crippen molar-refractivity contribution in [2.75, 3.05) is 6.61 Å². The summed E-state index contributed by atoms with van der Waals surface area (Å²) in [7, 11) is 0. The number of aromatic nitrogens is 1. The summed E-state index contributed by atoms with van der Waals surface area (Å²) in [6.45, 7) is 11.3. The van der Waals surface area contributed by atoms with E-state index in [1.807, 2.05) is 39.8 Å². The first-order valence-electron chi connectivity index (χ1n) is 15.0. The molecule has 7 N–H and O–H groups in total.